The Morgan fingerprint density at radius 1 is 0.923 bits per heavy atom. The molecule has 4 aromatic rings. The fourth-order valence-electron chi connectivity index (χ4n) is 3.55. The van der Waals surface area contributed by atoms with Crippen LogP contribution in [0.15, 0.2) is 99.8 Å². The summed E-state index contributed by atoms with van der Waals surface area (Å²) in [6.45, 7) is -0.0270. The molecule has 198 valence electrons. The zero-order chi connectivity index (χ0) is 28.0. The highest BCUT2D eigenvalue weighted by molar-refractivity contribution is 7.89. The zero-order valence-corrected chi connectivity index (χ0v) is 23.2. The number of hydrogen-bond acceptors (Lipinski definition) is 5. The zero-order valence-electron chi connectivity index (χ0n) is 20.1. The van der Waals surface area contributed by atoms with Crippen molar-refractivity contribution in [3.8, 4) is 6.07 Å². The molecular weight excluding hydrogens is 581 g/mol. The second kappa shape index (κ2) is 12.5. The average Bonchev–Trinajstić information content (AvgIpc) is 3.37. The fourth-order valence-corrected chi connectivity index (χ4v) is 5.39. The van der Waals surface area contributed by atoms with Gasteiger partial charge in [-0.3, -0.25) is 4.79 Å². The van der Waals surface area contributed by atoms with E-state index in [0.29, 0.717) is 21.5 Å². The van der Waals surface area contributed by atoms with Crippen molar-refractivity contribution in [2.24, 2.45) is 0 Å². The molecule has 1 aromatic heterocycles. The fraction of sp³-hybridized carbons (Fsp3) is 0.0714. The molecule has 1 heterocycles. The maximum atomic E-state index is 13.5. The number of halogens is 3. The van der Waals surface area contributed by atoms with Crippen LogP contribution in [-0.2, 0) is 27.9 Å². The Kier molecular flexibility index (Phi) is 9.12. The van der Waals surface area contributed by atoms with Gasteiger partial charge in [0.2, 0.25) is 10.0 Å². The van der Waals surface area contributed by atoms with E-state index in [1.54, 1.807) is 60.7 Å². The van der Waals surface area contributed by atoms with E-state index >= 15 is 0 Å². The minimum absolute atomic E-state index is 0.0653. The molecule has 4 rings (SSSR count). The first-order chi connectivity index (χ1) is 18.7. The van der Waals surface area contributed by atoms with E-state index in [-0.39, 0.29) is 34.3 Å². The molecule has 11 heteroatoms. The van der Waals surface area contributed by atoms with E-state index in [4.69, 9.17) is 39.2 Å². The van der Waals surface area contributed by atoms with Gasteiger partial charge in [-0.25, -0.2) is 8.42 Å². The van der Waals surface area contributed by atoms with E-state index in [1.165, 1.54) is 34.6 Å². The second-order valence-electron chi connectivity index (χ2n) is 8.27. The standard InChI is InChI=1S/C28H20Cl3N3O4S/c29-21-8-6-19(7-9-21)17-34(39(36,37)25-4-2-1-3-5-25)18-24-12-11-23(38-24)14-20(16-32)28(35)33-22-10-13-26(30)27(31)15-22/h1-15H,17-18H2,(H,33,35)/b20-14-. The number of anilines is 1. The third-order valence-corrected chi connectivity index (χ3v) is 8.29. The van der Waals surface area contributed by atoms with Gasteiger partial charge in [0, 0.05) is 23.3 Å². The average molecular weight is 601 g/mol. The molecule has 0 saturated heterocycles. The van der Waals surface area contributed by atoms with Gasteiger partial charge in [-0.1, -0.05) is 65.1 Å². The molecule has 0 aliphatic heterocycles. The minimum atomic E-state index is -3.89. The summed E-state index contributed by atoms with van der Waals surface area (Å²) in [5.74, 6) is -0.156. The Bertz CT molecular complexity index is 1660. The second-order valence-corrected chi connectivity index (χ2v) is 11.5. The summed E-state index contributed by atoms with van der Waals surface area (Å²) in [7, 11) is -3.89. The van der Waals surface area contributed by atoms with E-state index in [2.05, 4.69) is 5.32 Å². The maximum Gasteiger partial charge on any atom is 0.266 e. The van der Waals surface area contributed by atoms with Crippen LogP contribution in [0.3, 0.4) is 0 Å². The predicted octanol–water partition coefficient (Wildman–Crippen LogP) is 7.18. The number of rotatable bonds is 9. The molecule has 1 N–H and O–H groups in total. The van der Waals surface area contributed by atoms with Gasteiger partial charge in [-0.05, 0) is 60.2 Å². The Balaban J connectivity index is 1.56. The number of nitrogens with one attached hydrogen (secondary N) is 1. The molecular formula is C28H20Cl3N3O4S. The molecule has 3 aromatic carbocycles. The normalized spacial score (nSPS) is 11.8. The SMILES string of the molecule is N#C/C(=C/c1ccc(CN(Cc2ccc(Cl)cc2)S(=O)(=O)c2ccccc2)o1)C(=O)Nc1ccc(Cl)c(Cl)c1. The van der Waals surface area contributed by atoms with Crippen molar-refractivity contribution < 1.29 is 17.6 Å². The number of hydrogen-bond donors (Lipinski definition) is 1. The van der Waals surface area contributed by atoms with Crippen LogP contribution in [0, 0.1) is 11.3 Å². The molecule has 0 fully saturated rings. The largest absolute Gasteiger partial charge is 0.460 e. The lowest BCUT2D eigenvalue weighted by atomic mass is 10.2. The first kappa shape index (κ1) is 28.4. The van der Waals surface area contributed by atoms with Crippen LogP contribution in [0.5, 0.6) is 0 Å². The number of nitrogens with zero attached hydrogens (tertiary/aromatic N) is 2. The van der Waals surface area contributed by atoms with E-state index in [0.717, 1.165) is 5.56 Å². The molecule has 0 unspecified atom stereocenters. The molecule has 0 aliphatic rings. The summed E-state index contributed by atoms with van der Waals surface area (Å²) < 4.78 is 34.0. The van der Waals surface area contributed by atoms with Crippen LogP contribution >= 0.6 is 34.8 Å². The van der Waals surface area contributed by atoms with Gasteiger partial charge >= 0.3 is 0 Å². The Labute approximate surface area is 240 Å². The van der Waals surface area contributed by atoms with Gasteiger partial charge in [0.05, 0.1) is 21.5 Å². The van der Waals surface area contributed by atoms with E-state index in [1.807, 2.05) is 6.07 Å². The van der Waals surface area contributed by atoms with Gasteiger partial charge in [-0.2, -0.15) is 9.57 Å². The topological polar surface area (TPSA) is 103 Å². The van der Waals surface area contributed by atoms with Gasteiger partial charge in [0.15, 0.2) is 0 Å². The number of benzene rings is 3. The Morgan fingerprint density at radius 3 is 2.31 bits per heavy atom. The molecule has 0 aliphatic carbocycles. The quantitative estimate of drug-likeness (QED) is 0.162. The first-order valence-corrected chi connectivity index (χ1v) is 14.0. The van der Waals surface area contributed by atoms with Crippen molar-refractivity contribution >= 4 is 62.5 Å². The third-order valence-electron chi connectivity index (χ3n) is 5.50. The number of furan rings is 1. The van der Waals surface area contributed by atoms with Crippen molar-refractivity contribution in [3.63, 3.8) is 0 Å². The summed E-state index contributed by atoms with van der Waals surface area (Å²) in [6, 6.07) is 24.5. The van der Waals surface area contributed by atoms with Crippen LogP contribution in [0.25, 0.3) is 6.08 Å². The molecule has 0 radical (unpaired) electrons. The molecule has 1 amide bonds. The van der Waals surface area contributed by atoms with Crippen LogP contribution in [-0.4, -0.2) is 18.6 Å². The lowest BCUT2D eigenvalue weighted by molar-refractivity contribution is -0.112. The molecule has 0 bridgehead atoms. The van der Waals surface area contributed by atoms with Crippen LogP contribution in [0.4, 0.5) is 5.69 Å². The highest BCUT2D eigenvalue weighted by atomic mass is 35.5. The lowest BCUT2D eigenvalue weighted by Gasteiger charge is -2.21. The first-order valence-electron chi connectivity index (χ1n) is 11.4. The number of amides is 1. The monoisotopic (exact) mass is 599 g/mol. The molecule has 0 atom stereocenters. The molecule has 7 nitrogen and oxygen atoms in total. The van der Waals surface area contributed by atoms with E-state index in [9.17, 15) is 18.5 Å². The van der Waals surface area contributed by atoms with Gasteiger partial charge in [0.1, 0.15) is 23.2 Å². The van der Waals surface area contributed by atoms with Crippen molar-refractivity contribution in [1.82, 2.24) is 4.31 Å². The van der Waals surface area contributed by atoms with Gasteiger partial charge in [0.25, 0.3) is 5.91 Å². The highest BCUT2D eigenvalue weighted by Gasteiger charge is 2.26. The Hall–Kier alpha value is -3.58. The highest BCUT2D eigenvalue weighted by Crippen LogP contribution is 2.26. The summed E-state index contributed by atoms with van der Waals surface area (Å²) in [4.78, 5) is 12.8. The molecule has 39 heavy (non-hydrogen) atoms. The summed E-state index contributed by atoms with van der Waals surface area (Å²) in [5, 5.41) is 13.2. The molecule has 0 spiro atoms. The smallest absolute Gasteiger partial charge is 0.266 e. The lowest BCUT2D eigenvalue weighted by Crippen LogP contribution is -2.30. The van der Waals surface area contributed by atoms with Gasteiger partial charge in [-0.15, -0.1) is 0 Å². The Morgan fingerprint density at radius 2 is 1.64 bits per heavy atom. The van der Waals surface area contributed by atoms with E-state index < -0.39 is 15.9 Å². The van der Waals surface area contributed by atoms with Gasteiger partial charge < -0.3 is 9.73 Å². The van der Waals surface area contributed by atoms with Crippen molar-refractivity contribution in [2.45, 2.75) is 18.0 Å². The third kappa shape index (κ3) is 7.30. The summed E-state index contributed by atoms with van der Waals surface area (Å²) in [6.07, 6.45) is 1.27. The van der Waals surface area contributed by atoms with Crippen molar-refractivity contribution in [3.05, 3.63) is 123 Å². The summed E-state index contributed by atoms with van der Waals surface area (Å²) in [5.41, 5.74) is 0.868. The van der Waals surface area contributed by atoms with Crippen molar-refractivity contribution in [1.29, 1.82) is 5.26 Å². The van der Waals surface area contributed by atoms with Crippen LogP contribution in [0.1, 0.15) is 17.1 Å². The summed E-state index contributed by atoms with van der Waals surface area (Å²) >= 11 is 17.9. The predicted molar refractivity (Wildman–Crippen MR) is 152 cm³/mol. The van der Waals surface area contributed by atoms with Crippen molar-refractivity contribution in [2.75, 3.05) is 5.32 Å². The number of carbonyl (C=O) groups is 1. The minimum Gasteiger partial charge on any atom is -0.460 e. The number of sulfonamides is 1. The molecule has 0 saturated carbocycles. The number of carbonyl (C=O) groups excluding carboxylic acids is 1. The number of nitriles is 1. The van der Waals surface area contributed by atoms with Crippen LogP contribution < -0.4 is 5.32 Å². The maximum absolute atomic E-state index is 13.5. The van der Waals surface area contributed by atoms with Crippen LogP contribution in [0.2, 0.25) is 15.1 Å².